The maximum absolute atomic E-state index is 10.7. The van der Waals surface area contributed by atoms with Crippen molar-refractivity contribution < 1.29 is 10.0 Å². The van der Waals surface area contributed by atoms with E-state index in [1.807, 2.05) is 27.5 Å². The fraction of sp³-hybridized carbons (Fsp3) is 0.455. The smallest absolute Gasteiger partial charge is 0.282 e. The molecule has 5 nitrogen and oxygen atoms in total. The third-order valence-corrected chi connectivity index (χ3v) is 3.22. The van der Waals surface area contributed by atoms with Crippen molar-refractivity contribution in [2.24, 2.45) is 0 Å². The van der Waals surface area contributed by atoms with Gasteiger partial charge in [-0.1, -0.05) is 6.92 Å². The number of aliphatic hydroxyl groups excluding tert-OH is 1. The Morgan fingerprint density at radius 3 is 2.65 bits per heavy atom. The average molecular weight is 350 g/mol. The van der Waals surface area contributed by atoms with Gasteiger partial charge in [0.1, 0.15) is 0 Å². The van der Waals surface area contributed by atoms with Gasteiger partial charge in [-0.25, -0.2) is 0 Å². The largest absolute Gasteiger partial charge is 0.395 e. The Labute approximate surface area is 114 Å². The highest BCUT2D eigenvalue weighted by Gasteiger charge is 2.14. The van der Waals surface area contributed by atoms with Crippen LogP contribution in [0.1, 0.15) is 13.3 Å². The molecule has 94 valence electrons. The molecule has 17 heavy (non-hydrogen) atoms. The summed E-state index contributed by atoms with van der Waals surface area (Å²) in [6.45, 7) is 3.50. The molecular weight excluding hydrogens is 335 g/mol. The van der Waals surface area contributed by atoms with Crippen molar-refractivity contribution in [3.05, 3.63) is 31.9 Å². The molecule has 0 aliphatic carbocycles. The van der Waals surface area contributed by atoms with Crippen molar-refractivity contribution in [2.75, 3.05) is 24.6 Å². The first-order valence-corrected chi connectivity index (χ1v) is 6.47. The monoisotopic (exact) mass is 350 g/mol. The van der Waals surface area contributed by atoms with Gasteiger partial charge in [0, 0.05) is 24.8 Å². The lowest BCUT2D eigenvalue weighted by atomic mass is 10.2. The average Bonchev–Trinajstić information content (AvgIpc) is 2.28. The number of anilines is 1. The second kappa shape index (κ2) is 6.75. The summed E-state index contributed by atoms with van der Waals surface area (Å²) in [6, 6.07) is 5.02. The Morgan fingerprint density at radius 1 is 1.47 bits per heavy atom. The lowest BCUT2D eigenvalue weighted by molar-refractivity contribution is -0.385. The highest BCUT2D eigenvalue weighted by molar-refractivity contribution is 14.1. The number of hydrogen-bond donors (Lipinski definition) is 1. The molecule has 0 radical (unpaired) electrons. The number of nitrogens with zero attached hydrogens (tertiary/aromatic N) is 2. The Kier molecular flexibility index (Phi) is 5.63. The zero-order chi connectivity index (χ0) is 12.8. The van der Waals surface area contributed by atoms with E-state index in [0.29, 0.717) is 10.1 Å². The second-order valence-electron chi connectivity index (χ2n) is 3.60. The van der Waals surface area contributed by atoms with Gasteiger partial charge in [0.2, 0.25) is 0 Å². The lowest BCUT2D eigenvalue weighted by Crippen LogP contribution is -2.27. The van der Waals surface area contributed by atoms with Gasteiger partial charge in [0.05, 0.1) is 15.1 Å². The summed E-state index contributed by atoms with van der Waals surface area (Å²) < 4.78 is 0.615. The van der Waals surface area contributed by atoms with E-state index in [-0.39, 0.29) is 17.2 Å². The molecule has 0 unspecified atom stereocenters. The Hall–Kier alpha value is -0.890. The van der Waals surface area contributed by atoms with E-state index < -0.39 is 0 Å². The molecule has 0 saturated heterocycles. The van der Waals surface area contributed by atoms with Crippen LogP contribution < -0.4 is 4.90 Å². The third-order valence-electron chi connectivity index (χ3n) is 2.36. The molecule has 0 atom stereocenters. The van der Waals surface area contributed by atoms with E-state index in [1.54, 1.807) is 12.1 Å². The molecule has 1 rings (SSSR count). The molecule has 0 bridgehead atoms. The van der Waals surface area contributed by atoms with E-state index in [1.165, 1.54) is 6.07 Å². The van der Waals surface area contributed by atoms with Crippen LogP contribution in [0.5, 0.6) is 0 Å². The second-order valence-corrected chi connectivity index (χ2v) is 4.77. The molecule has 0 aliphatic heterocycles. The Balaban J connectivity index is 2.97. The molecule has 1 aromatic carbocycles. The van der Waals surface area contributed by atoms with Crippen molar-refractivity contribution in [3.8, 4) is 0 Å². The highest BCUT2D eigenvalue weighted by Crippen LogP contribution is 2.26. The minimum absolute atomic E-state index is 0.0770. The van der Waals surface area contributed by atoms with Crippen LogP contribution in [0.2, 0.25) is 0 Å². The number of nitro benzene ring substituents is 1. The summed E-state index contributed by atoms with van der Waals surface area (Å²) >= 11 is 1.96. The van der Waals surface area contributed by atoms with Gasteiger partial charge in [-0.15, -0.1) is 0 Å². The maximum atomic E-state index is 10.7. The fourth-order valence-corrected chi connectivity index (χ4v) is 2.30. The predicted octanol–water partition coefficient (Wildman–Crippen LogP) is 2.41. The van der Waals surface area contributed by atoms with E-state index in [9.17, 15) is 10.1 Å². The Bertz CT molecular complexity index is 392. The summed E-state index contributed by atoms with van der Waals surface area (Å²) in [6.07, 6.45) is 0.966. The van der Waals surface area contributed by atoms with Crippen LogP contribution in [-0.2, 0) is 0 Å². The lowest BCUT2D eigenvalue weighted by Gasteiger charge is -2.23. The molecule has 0 heterocycles. The molecule has 0 amide bonds. The molecule has 0 spiro atoms. The van der Waals surface area contributed by atoms with Gasteiger partial charge >= 0.3 is 0 Å². The summed E-state index contributed by atoms with van der Waals surface area (Å²) in [5.41, 5.74) is 1.03. The van der Waals surface area contributed by atoms with Gasteiger partial charge in [0.25, 0.3) is 5.69 Å². The van der Waals surface area contributed by atoms with Crippen molar-refractivity contribution in [1.29, 1.82) is 0 Å². The van der Waals surface area contributed by atoms with Gasteiger partial charge in [0.15, 0.2) is 0 Å². The standard InChI is InChI=1S/C11H15IN2O3/c1-2-5-13(6-7-15)9-3-4-11(14(16)17)10(12)8-9/h3-4,8,15H,2,5-7H2,1H3. The minimum atomic E-state index is -0.387. The predicted molar refractivity (Wildman–Crippen MR) is 75.4 cm³/mol. The minimum Gasteiger partial charge on any atom is -0.395 e. The molecule has 1 aromatic rings. The fourth-order valence-electron chi connectivity index (χ4n) is 1.60. The first-order valence-electron chi connectivity index (χ1n) is 5.40. The molecule has 0 fully saturated rings. The maximum Gasteiger partial charge on any atom is 0.282 e. The van der Waals surface area contributed by atoms with Crippen LogP contribution in [0.3, 0.4) is 0 Å². The summed E-state index contributed by atoms with van der Waals surface area (Å²) in [5.74, 6) is 0. The van der Waals surface area contributed by atoms with E-state index in [4.69, 9.17) is 5.11 Å². The molecule has 6 heteroatoms. The summed E-state index contributed by atoms with van der Waals surface area (Å²) in [4.78, 5) is 12.3. The number of halogens is 1. The van der Waals surface area contributed by atoms with Crippen LogP contribution >= 0.6 is 22.6 Å². The molecule has 0 saturated carbocycles. The first kappa shape index (κ1) is 14.2. The zero-order valence-electron chi connectivity index (χ0n) is 9.60. The zero-order valence-corrected chi connectivity index (χ0v) is 11.8. The van der Waals surface area contributed by atoms with E-state index >= 15 is 0 Å². The van der Waals surface area contributed by atoms with Crippen molar-refractivity contribution in [1.82, 2.24) is 0 Å². The van der Waals surface area contributed by atoms with Gasteiger partial charge in [-0.05, 0) is 41.1 Å². The number of nitro groups is 1. The molecule has 0 aromatic heterocycles. The van der Waals surface area contributed by atoms with E-state index in [0.717, 1.165) is 18.7 Å². The van der Waals surface area contributed by atoms with Crippen molar-refractivity contribution in [3.63, 3.8) is 0 Å². The van der Waals surface area contributed by atoms with E-state index in [2.05, 4.69) is 6.92 Å². The van der Waals surface area contributed by atoms with Crippen molar-refractivity contribution >= 4 is 34.0 Å². The number of hydrogen-bond acceptors (Lipinski definition) is 4. The van der Waals surface area contributed by atoms with Crippen LogP contribution in [0, 0.1) is 13.7 Å². The van der Waals surface area contributed by atoms with Crippen molar-refractivity contribution in [2.45, 2.75) is 13.3 Å². The number of aliphatic hydroxyl groups is 1. The quantitative estimate of drug-likeness (QED) is 0.486. The summed E-state index contributed by atoms with van der Waals surface area (Å²) in [5, 5.41) is 19.7. The third kappa shape index (κ3) is 3.81. The van der Waals surface area contributed by atoms with Crippen LogP contribution in [-0.4, -0.2) is 29.7 Å². The molecular formula is C11H15IN2O3. The first-order chi connectivity index (χ1) is 8.10. The van der Waals surface area contributed by atoms with Gasteiger partial charge in [-0.3, -0.25) is 10.1 Å². The Morgan fingerprint density at radius 2 is 2.18 bits per heavy atom. The van der Waals surface area contributed by atoms with Crippen LogP contribution in [0.25, 0.3) is 0 Å². The van der Waals surface area contributed by atoms with Crippen LogP contribution in [0.15, 0.2) is 18.2 Å². The normalized spacial score (nSPS) is 10.3. The number of benzene rings is 1. The number of rotatable bonds is 6. The molecule has 0 aliphatic rings. The van der Waals surface area contributed by atoms with Crippen LogP contribution in [0.4, 0.5) is 11.4 Å². The molecule has 1 N–H and O–H groups in total. The van der Waals surface area contributed by atoms with Gasteiger partial charge in [-0.2, -0.15) is 0 Å². The highest BCUT2D eigenvalue weighted by atomic mass is 127. The SMILES string of the molecule is CCCN(CCO)c1ccc([N+](=O)[O-])c(I)c1. The summed E-state index contributed by atoms with van der Waals surface area (Å²) in [7, 11) is 0. The van der Waals surface area contributed by atoms with Gasteiger partial charge < -0.3 is 10.0 Å². The topological polar surface area (TPSA) is 66.6 Å².